The summed E-state index contributed by atoms with van der Waals surface area (Å²) in [5.74, 6) is 0.994. The number of hydrogen-bond acceptors (Lipinski definition) is 4. The Balaban J connectivity index is 1.53. The predicted octanol–water partition coefficient (Wildman–Crippen LogP) is 2.16. The fraction of sp³-hybridized carbons (Fsp3) is 0.842. The third kappa shape index (κ3) is 3.36. The molecule has 5 aliphatic rings. The van der Waals surface area contributed by atoms with Crippen molar-refractivity contribution >= 4 is 11.7 Å². The highest BCUT2D eigenvalue weighted by Gasteiger charge is 2.58. The van der Waals surface area contributed by atoms with Gasteiger partial charge in [0.25, 0.3) is 0 Å². The molecule has 1 aliphatic heterocycles. The van der Waals surface area contributed by atoms with Crippen molar-refractivity contribution in [3.63, 3.8) is 0 Å². The summed E-state index contributed by atoms with van der Waals surface area (Å²) in [5, 5.41) is 11.6. The van der Waals surface area contributed by atoms with E-state index in [4.69, 9.17) is 16.0 Å². The van der Waals surface area contributed by atoms with E-state index in [2.05, 4.69) is 5.32 Å². The quantitative estimate of drug-likeness (QED) is 0.329. The number of nitrogens with one attached hydrogen (secondary N) is 1. The van der Waals surface area contributed by atoms with Crippen molar-refractivity contribution < 1.29 is 18.0 Å². The number of primary amides is 1. The van der Waals surface area contributed by atoms with Crippen molar-refractivity contribution in [1.29, 1.82) is 5.26 Å². The number of nitrogens with zero attached hydrogens (tertiary/aromatic N) is 3. The number of likely N-dealkylation sites (tertiary alicyclic amines) is 1. The molecule has 1 saturated heterocycles. The first kappa shape index (κ1) is 19.5. The monoisotopic (exact) mass is 397 g/mol. The molecule has 1 heterocycles. The summed E-state index contributed by atoms with van der Waals surface area (Å²) < 4.78 is 39.7. The molecule has 154 valence electrons. The summed E-state index contributed by atoms with van der Waals surface area (Å²) >= 11 is 0. The van der Waals surface area contributed by atoms with Crippen LogP contribution in [0.5, 0.6) is 0 Å². The van der Waals surface area contributed by atoms with Crippen LogP contribution in [-0.4, -0.2) is 48.0 Å². The molecule has 6 nitrogen and oxygen atoms in total. The Hall–Kier alpha value is -1.82. The Bertz CT molecular complexity index is 699. The van der Waals surface area contributed by atoms with Crippen LogP contribution in [-0.2, 0) is 4.79 Å². The number of hydrogen-bond donors (Lipinski definition) is 2. The SMILES string of the molecule is N#CNC(CN1CCCC1C(F)(F)F)=NC1C2CC3CC1CC(C(N)=O)(C3)C2. The van der Waals surface area contributed by atoms with E-state index < -0.39 is 17.6 Å². The standard InChI is InChI=1S/C19H26F3N5O/c20-19(21,22)14-2-1-3-27(14)9-15(25-10-23)26-16-12-4-11-5-13(16)8-18(6-11,7-12)17(24)28/h11-14,16H,1-9H2,(H2,24,28)(H,25,26). The van der Waals surface area contributed by atoms with Crippen LogP contribution < -0.4 is 11.1 Å². The van der Waals surface area contributed by atoms with Gasteiger partial charge in [-0.1, -0.05) is 0 Å². The molecule has 0 aromatic heterocycles. The maximum Gasteiger partial charge on any atom is 0.404 e. The number of nitrogens with two attached hydrogens (primary N) is 1. The molecule has 4 aliphatic carbocycles. The number of amides is 1. The van der Waals surface area contributed by atoms with Crippen LogP contribution in [0.3, 0.4) is 0 Å². The van der Waals surface area contributed by atoms with Crippen LogP contribution in [0.2, 0.25) is 0 Å². The van der Waals surface area contributed by atoms with Crippen molar-refractivity contribution in [2.45, 2.75) is 63.2 Å². The molecule has 1 amide bonds. The molecule has 0 spiro atoms. The minimum absolute atomic E-state index is 0.00192. The van der Waals surface area contributed by atoms with E-state index in [1.807, 2.05) is 6.19 Å². The highest BCUT2D eigenvalue weighted by molar-refractivity contribution is 5.86. The second-order valence-electron chi connectivity index (χ2n) is 9.09. The lowest BCUT2D eigenvalue weighted by Gasteiger charge is -2.57. The third-order valence-electron chi connectivity index (χ3n) is 7.35. The summed E-state index contributed by atoms with van der Waals surface area (Å²) in [7, 11) is 0. The van der Waals surface area contributed by atoms with Gasteiger partial charge in [-0.15, -0.1) is 0 Å². The van der Waals surface area contributed by atoms with Gasteiger partial charge in [-0.2, -0.15) is 18.4 Å². The molecular formula is C19H26F3N5O. The number of nitriles is 1. The zero-order chi connectivity index (χ0) is 20.1. The first-order valence-corrected chi connectivity index (χ1v) is 10.0. The van der Waals surface area contributed by atoms with Crippen LogP contribution in [0, 0.1) is 34.6 Å². The van der Waals surface area contributed by atoms with Gasteiger partial charge in [0.1, 0.15) is 11.9 Å². The summed E-state index contributed by atoms with van der Waals surface area (Å²) in [5.41, 5.74) is 5.28. The number of carbonyl (C=O) groups excluding carboxylic acids is 1. The lowest BCUT2D eigenvalue weighted by atomic mass is 9.48. The van der Waals surface area contributed by atoms with Gasteiger partial charge in [0.2, 0.25) is 5.91 Å². The summed E-state index contributed by atoms with van der Waals surface area (Å²) in [6.45, 7) is 0.346. The van der Waals surface area contributed by atoms with Crippen LogP contribution in [0.25, 0.3) is 0 Å². The van der Waals surface area contributed by atoms with E-state index in [0.717, 1.165) is 19.3 Å². The lowest BCUT2D eigenvalue weighted by Crippen LogP contribution is -2.57. The molecule has 0 aromatic carbocycles. The van der Waals surface area contributed by atoms with Gasteiger partial charge in [-0.05, 0) is 69.2 Å². The fourth-order valence-corrected chi connectivity index (χ4v) is 6.45. The molecule has 4 saturated carbocycles. The van der Waals surface area contributed by atoms with E-state index >= 15 is 0 Å². The van der Waals surface area contributed by atoms with Gasteiger partial charge < -0.3 is 5.73 Å². The maximum absolute atomic E-state index is 13.2. The second-order valence-corrected chi connectivity index (χ2v) is 9.09. The Morgan fingerprint density at radius 1 is 1.29 bits per heavy atom. The van der Waals surface area contributed by atoms with Gasteiger partial charge in [-0.3, -0.25) is 20.0 Å². The molecular weight excluding hydrogens is 371 g/mol. The summed E-state index contributed by atoms with van der Waals surface area (Å²) in [4.78, 5) is 18.2. The van der Waals surface area contributed by atoms with Gasteiger partial charge in [0.05, 0.1) is 12.6 Å². The largest absolute Gasteiger partial charge is 0.404 e. The molecule has 4 bridgehead atoms. The van der Waals surface area contributed by atoms with Crippen LogP contribution in [0.4, 0.5) is 13.2 Å². The Kier molecular flexibility index (Phi) is 4.81. The van der Waals surface area contributed by atoms with Crippen molar-refractivity contribution in [3.8, 4) is 6.19 Å². The highest BCUT2D eigenvalue weighted by Crippen LogP contribution is 2.60. The molecule has 3 unspecified atom stereocenters. The second kappa shape index (κ2) is 6.90. The Labute approximate surface area is 162 Å². The minimum Gasteiger partial charge on any atom is -0.369 e. The molecule has 3 N–H and O–H groups in total. The third-order valence-corrected chi connectivity index (χ3v) is 7.35. The van der Waals surface area contributed by atoms with E-state index in [9.17, 15) is 18.0 Å². The average Bonchev–Trinajstić information content (AvgIpc) is 3.06. The maximum atomic E-state index is 13.2. The van der Waals surface area contributed by atoms with Gasteiger partial charge in [-0.25, -0.2) is 0 Å². The molecule has 9 heteroatoms. The smallest absolute Gasteiger partial charge is 0.369 e. The Morgan fingerprint density at radius 2 is 1.96 bits per heavy atom. The number of rotatable bonds is 4. The molecule has 0 radical (unpaired) electrons. The minimum atomic E-state index is -4.27. The number of carbonyl (C=O) groups is 1. The first-order valence-electron chi connectivity index (χ1n) is 10.0. The van der Waals surface area contributed by atoms with Crippen molar-refractivity contribution in [2.75, 3.05) is 13.1 Å². The van der Waals surface area contributed by atoms with Crippen LogP contribution >= 0.6 is 0 Å². The number of aliphatic imine (C=N–C) groups is 1. The van der Waals surface area contributed by atoms with E-state index in [1.54, 1.807) is 0 Å². The summed E-state index contributed by atoms with van der Waals surface area (Å²) in [6.07, 6.45) is 2.36. The number of alkyl halides is 3. The number of halogens is 3. The zero-order valence-electron chi connectivity index (χ0n) is 15.7. The zero-order valence-corrected chi connectivity index (χ0v) is 15.7. The summed E-state index contributed by atoms with van der Waals surface area (Å²) in [6, 6.07) is -1.53. The predicted molar refractivity (Wildman–Crippen MR) is 95.8 cm³/mol. The topological polar surface area (TPSA) is 94.5 Å². The molecule has 0 aromatic rings. The molecule has 3 atom stereocenters. The highest BCUT2D eigenvalue weighted by atomic mass is 19.4. The molecule has 28 heavy (non-hydrogen) atoms. The van der Waals surface area contributed by atoms with E-state index in [0.29, 0.717) is 37.6 Å². The normalized spacial score (nSPS) is 40.5. The van der Waals surface area contributed by atoms with Crippen molar-refractivity contribution in [3.05, 3.63) is 0 Å². The lowest BCUT2D eigenvalue weighted by molar-refractivity contribution is -0.174. The van der Waals surface area contributed by atoms with Gasteiger partial charge >= 0.3 is 6.18 Å². The van der Waals surface area contributed by atoms with Crippen LogP contribution in [0.1, 0.15) is 44.9 Å². The first-order chi connectivity index (χ1) is 13.2. The average molecular weight is 397 g/mol. The van der Waals surface area contributed by atoms with Gasteiger partial charge in [0, 0.05) is 5.41 Å². The van der Waals surface area contributed by atoms with Crippen molar-refractivity contribution in [2.24, 2.45) is 33.9 Å². The molecule has 5 fully saturated rings. The van der Waals surface area contributed by atoms with Gasteiger partial charge in [0.15, 0.2) is 6.19 Å². The van der Waals surface area contributed by atoms with Crippen LogP contribution in [0.15, 0.2) is 4.99 Å². The van der Waals surface area contributed by atoms with E-state index in [1.165, 1.54) is 4.90 Å². The van der Waals surface area contributed by atoms with Crippen molar-refractivity contribution in [1.82, 2.24) is 10.2 Å². The fourth-order valence-electron chi connectivity index (χ4n) is 6.45. The Morgan fingerprint density at radius 3 is 2.54 bits per heavy atom. The van der Waals surface area contributed by atoms with E-state index in [-0.39, 0.29) is 36.8 Å². The number of amidine groups is 1. The molecule has 5 rings (SSSR count).